The van der Waals surface area contributed by atoms with Gasteiger partial charge in [-0.3, -0.25) is 9.36 Å². The van der Waals surface area contributed by atoms with Gasteiger partial charge < -0.3 is 0 Å². The van der Waals surface area contributed by atoms with Gasteiger partial charge in [0, 0.05) is 11.8 Å². The number of aromatic nitrogens is 3. The first-order valence-corrected chi connectivity index (χ1v) is 9.85. The van der Waals surface area contributed by atoms with E-state index in [1.165, 1.54) is 5.39 Å². The highest BCUT2D eigenvalue weighted by atomic mass is 16.1. The molecule has 0 aliphatic carbocycles. The van der Waals surface area contributed by atoms with Crippen LogP contribution in [0, 0.1) is 12.3 Å². The zero-order chi connectivity index (χ0) is 21.2. The van der Waals surface area contributed by atoms with Gasteiger partial charge >= 0.3 is 0 Å². The molecule has 146 valence electrons. The molecule has 3 aromatic carbocycles. The van der Waals surface area contributed by atoms with Crippen molar-refractivity contribution in [3.63, 3.8) is 0 Å². The maximum atomic E-state index is 13.3. The maximum absolute atomic E-state index is 13.3. The minimum Gasteiger partial charge on any atom is -0.268 e. The summed E-state index contributed by atoms with van der Waals surface area (Å²) in [4.78, 5) is 22.2. The van der Waals surface area contributed by atoms with E-state index in [2.05, 4.69) is 40.2 Å². The van der Waals surface area contributed by atoms with Gasteiger partial charge in [-0.05, 0) is 64.9 Å². The fourth-order valence-corrected chi connectivity index (χ4v) is 3.59. The molecule has 2 heterocycles. The second-order valence-corrected chi connectivity index (χ2v) is 7.12. The topological polar surface area (TPSA) is 47.8 Å². The molecule has 0 atom stereocenters. The van der Waals surface area contributed by atoms with Gasteiger partial charge in [0.15, 0.2) is 5.65 Å². The lowest BCUT2D eigenvalue weighted by Crippen LogP contribution is -2.22. The Morgan fingerprint density at radius 1 is 0.871 bits per heavy atom. The number of hydrogen-bond acceptors (Lipinski definition) is 3. The van der Waals surface area contributed by atoms with Crippen LogP contribution in [0.2, 0.25) is 0 Å². The van der Waals surface area contributed by atoms with Crippen molar-refractivity contribution in [2.75, 3.05) is 0 Å². The number of benzene rings is 3. The van der Waals surface area contributed by atoms with Crippen molar-refractivity contribution in [1.29, 1.82) is 0 Å². The van der Waals surface area contributed by atoms with Gasteiger partial charge in [0.2, 0.25) is 0 Å². The fraction of sp³-hybridized carbons (Fsp3) is 0. The highest BCUT2D eigenvalue weighted by molar-refractivity contribution is 5.86. The van der Waals surface area contributed by atoms with Crippen LogP contribution in [-0.4, -0.2) is 14.5 Å². The molecule has 2 aromatic heterocycles. The van der Waals surface area contributed by atoms with Crippen LogP contribution in [0.4, 0.5) is 0 Å². The first-order chi connectivity index (χ1) is 15.2. The lowest BCUT2D eigenvalue weighted by atomic mass is 10.1. The lowest BCUT2D eigenvalue weighted by molar-refractivity contribution is 0.937. The summed E-state index contributed by atoms with van der Waals surface area (Å²) in [5.41, 5.74) is 2.70. The number of pyridine rings is 1. The van der Waals surface area contributed by atoms with E-state index in [0.717, 1.165) is 16.5 Å². The fourth-order valence-electron chi connectivity index (χ4n) is 3.59. The predicted octanol–water partition coefficient (Wildman–Crippen LogP) is 5.09. The number of nitrogens with zero attached hydrogens (tertiary/aromatic N) is 3. The summed E-state index contributed by atoms with van der Waals surface area (Å²) in [6.07, 6.45) is 10.9. The Morgan fingerprint density at radius 3 is 2.48 bits per heavy atom. The smallest absolute Gasteiger partial charge is 0.267 e. The molecule has 5 aromatic rings. The Kier molecular flexibility index (Phi) is 4.62. The number of rotatable bonds is 3. The van der Waals surface area contributed by atoms with E-state index in [4.69, 9.17) is 6.42 Å². The van der Waals surface area contributed by atoms with Gasteiger partial charge in [0.25, 0.3) is 5.56 Å². The van der Waals surface area contributed by atoms with Crippen LogP contribution in [0.1, 0.15) is 17.0 Å². The minimum atomic E-state index is -0.176. The van der Waals surface area contributed by atoms with E-state index < -0.39 is 0 Å². The molecule has 0 saturated heterocycles. The van der Waals surface area contributed by atoms with Crippen LogP contribution in [-0.2, 0) is 0 Å². The Balaban J connectivity index is 1.67. The summed E-state index contributed by atoms with van der Waals surface area (Å²) >= 11 is 0. The molecule has 0 spiro atoms. The molecule has 4 nitrogen and oxygen atoms in total. The Bertz CT molecular complexity index is 1550. The molecular formula is C27H17N3O. The second-order valence-electron chi connectivity index (χ2n) is 7.12. The summed E-state index contributed by atoms with van der Waals surface area (Å²) in [5.74, 6) is 3.10. The first kappa shape index (κ1) is 18.5. The van der Waals surface area contributed by atoms with Crippen LogP contribution < -0.4 is 5.56 Å². The van der Waals surface area contributed by atoms with Gasteiger partial charge in [0.05, 0.1) is 11.1 Å². The van der Waals surface area contributed by atoms with Crippen LogP contribution >= 0.6 is 0 Å². The van der Waals surface area contributed by atoms with E-state index in [-0.39, 0.29) is 5.56 Å². The quantitative estimate of drug-likeness (QED) is 0.397. The molecule has 0 amide bonds. The SMILES string of the molecule is C#Cc1ccc(-n2c(/C=C/c3ccc4ccccc4c3)nc3ncccc3c2=O)cc1. The van der Waals surface area contributed by atoms with Crippen LogP contribution in [0.15, 0.2) is 89.9 Å². The standard InChI is InChI=1S/C27H17N3O/c1-2-19-10-14-23(15-11-19)30-25(29-26-24(27(30)31)8-5-17-28-26)16-12-20-9-13-21-6-3-4-7-22(21)18-20/h1,3-18H/b16-12+. The molecule has 0 fully saturated rings. The zero-order valence-corrected chi connectivity index (χ0v) is 16.6. The number of fused-ring (bicyclic) bond motifs is 2. The Morgan fingerprint density at radius 2 is 1.68 bits per heavy atom. The van der Waals surface area contributed by atoms with Gasteiger partial charge in [0.1, 0.15) is 5.82 Å². The van der Waals surface area contributed by atoms with E-state index in [1.54, 1.807) is 22.9 Å². The molecule has 0 bridgehead atoms. The average molecular weight is 399 g/mol. The molecule has 0 saturated carbocycles. The third kappa shape index (κ3) is 3.50. The molecule has 0 N–H and O–H groups in total. The minimum absolute atomic E-state index is 0.176. The summed E-state index contributed by atoms with van der Waals surface area (Å²) in [6, 6.07) is 25.2. The van der Waals surface area contributed by atoms with E-state index >= 15 is 0 Å². The number of hydrogen-bond donors (Lipinski definition) is 0. The predicted molar refractivity (Wildman–Crippen MR) is 126 cm³/mol. The molecule has 0 aliphatic rings. The van der Waals surface area contributed by atoms with E-state index in [0.29, 0.717) is 22.5 Å². The third-order valence-electron chi connectivity index (χ3n) is 5.16. The number of terminal acetylenes is 1. The van der Waals surface area contributed by atoms with Gasteiger partial charge in [-0.15, -0.1) is 6.42 Å². The molecule has 0 radical (unpaired) electrons. The molecule has 5 rings (SSSR count). The average Bonchev–Trinajstić information content (AvgIpc) is 2.83. The van der Waals surface area contributed by atoms with Crippen LogP contribution in [0.25, 0.3) is 39.6 Å². The van der Waals surface area contributed by atoms with E-state index in [9.17, 15) is 4.79 Å². The normalized spacial score (nSPS) is 11.2. The molecular weight excluding hydrogens is 382 g/mol. The van der Waals surface area contributed by atoms with Gasteiger partial charge in [-0.25, -0.2) is 9.97 Å². The lowest BCUT2D eigenvalue weighted by Gasteiger charge is -2.11. The molecule has 0 unspecified atom stereocenters. The first-order valence-electron chi connectivity index (χ1n) is 9.85. The van der Waals surface area contributed by atoms with Crippen molar-refractivity contribution >= 4 is 34.0 Å². The summed E-state index contributed by atoms with van der Waals surface area (Å²) in [6.45, 7) is 0. The summed E-state index contributed by atoms with van der Waals surface area (Å²) in [5, 5.41) is 2.80. The largest absolute Gasteiger partial charge is 0.268 e. The van der Waals surface area contributed by atoms with Crippen molar-refractivity contribution in [2.45, 2.75) is 0 Å². The summed E-state index contributed by atoms with van der Waals surface area (Å²) in [7, 11) is 0. The van der Waals surface area contributed by atoms with Crippen molar-refractivity contribution < 1.29 is 0 Å². The monoisotopic (exact) mass is 399 g/mol. The molecule has 0 aliphatic heterocycles. The van der Waals surface area contributed by atoms with Crippen LogP contribution in [0.3, 0.4) is 0 Å². The van der Waals surface area contributed by atoms with E-state index in [1.807, 2.05) is 54.6 Å². The highest BCUT2D eigenvalue weighted by Gasteiger charge is 2.11. The van der Waals surface area contributed by atoms with Crippen molar-refractivity contribution in [2.24, 2.45) is 0 Å². The Hall–Kier alpha value is -4.49. The van der Waals surface area contributed by atoms with Crippen LogP contribution in [0.5, 0.6) is 0 Å². The van der Waals surface area contributed by atoms with Crippen molar-refractivity contribution in [3.8, 4) is 18.0 Å². The highest BCUT2D eigenvalue weighted by Crippen LogP contribution is 2.19. The zero-order valence-electron chi connectivity index (χ0n) is 16.6. The summed E-state index contributed by atoms with van der Waals surface area (Å²) < 4.78 is 1.59. The third-order valence-corrected chi connectivity index (χ3v) is 5.16. The van der Waals surface area contributed by atoms with Crippen molar-refractivity contribution in [3.05, 3.63) is 112 Å². The molecule has 4 heteroatoms. The second kappa shape index (κ2) is 7.74. The molecule has 31 heavy (non-hydrogen) atoms. The van der Waals surface area contributed by atoms with Crippen molar-refractivity contribution in [1.82, 2.24) is 14.5 Å². The Labute approximate surface area is 179 Å². The maximum Gasteiger partial charge on any atom is 0.267 e. The van der Waals surface area contributed by atoms with Gasteiger partial charge in [-0.2, -0.15) is 0 Å². The van der Waals surface area contributed by atoms with Gasteiger partial charge in [-0.1, -0.05) is 48.4 Å².